The van der Waals surface area contributed by atoms with Crippen LogP contribution in [0.5, 0.6) is 0 Å². The van der Waals surface area contributed by atoms with Gasteiger partial charge in [0.05, 0.1) is 0 Å². The van der Waals surface area contributed by atoms with E-state index in [-0.39, 0.29) is 11.1 Å². The van der Waals surface area contributed by atoms with Gasteiger partial charge < -0.3 is 5.32 Å². The van der Waals surface area contributed by atoms with E-state index in [1.165, 1.54) is 10.6 Å². The van der Waals surface area contributed by atoms with Gasteiger partial charge in [0.2, 0.25) is 0 Å². The number of carbonyl (C=O) groups is 1. The number of fused-ring (bicyclic) bond motifs is 1. The van der Waals surface area contributed by atoms with E-state index in [1.807, 2.05) is 6.07 Å². The standard InChI is InChI=1S/C15H12N4O2/c20-14(18-9-11-4-3-6-16-8-11)12-10-17-13-5-1-2-7-19(13)15(12)21/h1-8,10H,9H2,(H,18,20). The lowest BCUT2D eigenvalue weighted by Gasteiger charge is -2.05. The maximum Gasteiger partial charge on any atom is 0.270 e. The van der Waals surface area contributed by atoms with E-state index in [2.05, 4.69) is 15.3 Å². The van der Waals surface area contributed by atoms with Gasteiger partial charge in [0.1, 0.15) is 11.2 Å². The molecule has 0 unspecified atom stereocenters. The van der Waals surface area contributed by atoms with Crippen LogP contribution in [-0.4, -0.2) is 20.3 Å². The van der Waals surface area contributed by atoms with Gasteiger partial charge >= 0.3 is 0 Å². The number of pyridine rings is 2. The maximum absolute atomic E-state index is 12.2. The van der Waals surface area contributed by atoms with Crippen LogP contribution in [0.3, 0.4) is 0 Å². The lowest BCUT2D eigenvalue weighted by Crippen LogP contribution is -2.31. The third kappa shape index (κ3) is 2.64. The fourth-order valence-electron chi connectivity index (χ4n) is 1.96. The second-order valence-corrected chi connectivity index (χ2v) is 4.45. The Bertz CT molecular complexity index is 843. The molecule has 3 aromatic heterocycles. The smallest absolute Gasteiger partial charge is 0.270 e. The first-order valence-electron chi connectivity index (χ1n) is 6.39. The molecule has 6 heteroatoms. The number of rotatable bonds is 3. The fourth-order valence-corrected chi connectivity index (χ4v) is 1.96. The van der Waals surface area contributed by atoms with E-state index >= 15 is 0 Å². The number of nitrogens with zero attached hydrogens (tertiary/aromatic N) is 3. The van der Waals surface area contributed by atoms with Crippen molar-refractivity contribution in [1.82, 2.24) is 19.7 Å². The SMILES string of the molecule is O=C(NCc1cccnc1)c1cnc2ccccn2c1=O. The number of hydrogen-bond acceptors (Lipinski definition) is 4. The minimum atomic E-state index is -0.449. The van der Waals surface area contributed by atoms with Crippen LogP contribution in [0.2, 0.25) is 0 Å². The summed E-state index contributed by atoms with van der Waals surface area (Å²) in [4.78, 5) is 32.4. The lowest BCUT2D eigenvalue weighted by atomic mass is 10.2. The van der Waals surface area contributed by atoms with Gasteiger partial charge in [-0.2, -0.15) is 0 Å². The van der Waals surface area contributed by atoms with Gasteiger partial charge in [-0.05, 0) is 23.8 Å². The number of hydrogen-bond donors (Lipinski definition) is 1. The zero-order valence-corrected chi connectivity index (χ0v) is 11.1. The Morgan fingerprint density at radius 3 is 2.90 bits per heavy atom. The molecule has 3 rings (SSSR count). The number of carbonyl (C=O) groups excluding carboxylic acids is 1. The van der Waals surface area contributed by atoms with Crippen molar-refractivity contribution in [3.63, 3.8) is 0 Å². The predicted octanol–water partition coefficient (Wildman–Crippen LogP) is 1.02. The molecular formula is C15H12N4O2. The van der Waals surface area contributed by atoms with Crippen LogP contribution in [0.1, 0.15) is 15.9 Å². The summed E-state index contributed by atoms with van der Waals surface area (Å²) in [7, 11) is 0. The van der Waals surface area contributed by atoms with Gasteiger partial charge in [0, 0.05) is 31.3 Å². The molecule has 0 spiro atoms. The summed E-state index contributed by atoms with van der Waals surface area (Å²) in [6, 6.07) is 8.84. The third-order valence-electron chi connectivity index (χ3n) is 3.03. The molecule has 6 nitrogen and oxygen atoms in total. The highest BCUT2D eigenvalue weighted by molar-refractivity contribution is 5.93. The van der Waals surface area contributed by atoms with Crippen LogP contribution < -0.4 is 10.9 Å². The summed E-state index contributed by atoms with van der Waals surface area (Å²) in [5.74, 6) is -0.449. The zero-order valence-electron chi connectivity index (χ0n) is 11.1. The summed E-state index contributed by atoms with van der Waals surface area (Å²) >= 11 is 0. The highest BCUT2D eigenvalue weighted by atomic mass is 16.2. The first-order valence-corrected chi connectivity index (χ1v) is 6.39. The van der Waals surface area contributed by atoms with Crippen LogP contribution in [0.25, 0.3) is 5.65 Å². The molecule has 104 valence electrons. The van der Waals surface area contributed by atoms with Crippen LogP contribution in [0.15, 0.2) is 59.9 Å². The molecule has 0 radical (unpaired) electrons. The van der Waals surface area contributed by atoms with Crippen molar-refractivity contribution in [3.05, 3.63) is 76.6 Å². The van der Waals surface area contributed by atoms with Crippen molar-refractivity contribution in [2.24, 2.45) is 0 Å². The summed E-state index contributed by atoms with van der Waals surface area (Å²) in [5.41, 5.74) is 0.998. The number of nitrogens with one attached hydrogen (secondary N) is 1. The molecule has 0 atom stereocenters. The summed E-state index contributed by atoms with van der Waals surface area (Å²) in [5, 5.41) is 2.69. The Balaban J connectivity index is 1.85. The summed E-state index contributed by atoms with van der Waals surface area (Å²) < 4.78 is 1.35. The summed E-state index contributed by atoms with van der Waals surface area (Å²) in [6.45, 7) is 0.309. The first kappa shape index (κ1) is 13.0. The number of amides is 1. The normalized spacial score (nSPS) is 10.5. The van der Waals surface area contributed by atoms with Crippen LogP contribution in [0.4, 0.5) is 0 Å². The van der Waals surface area contributed by atoms with Crippen molar-refractivity contribution in [2.75, 3.05) is 0 Å². The second-order valence-electron chi connectivity index (χ2n) is 4.45. The Hall–Kier alpha value is -3.02. The topological polar surface area (TPSA) is 76.4 Å². The molecule has 1 N–H and O–H groups in total. The van der Waals surface area contributed by atoms with Crippen LogP contribution in [0, 0.1) is 0 Å². The molecule has 0 fully saturated rings. The van der Waals surface area contributed by atoms with Crippen molar-refractivity contribution < 1.29 is 4.79 Å². The molecule has 0 bridgehead atoms. The van der Waals surface area contributed by atoms with Crippen molar-refractivity contribution in [2.45, 2.75) is 6.54 Å². The van der Waals surface area contributed by atoms with Crippen molar-refractivity contribution >= 4 is 11.6 Å². The molecule has 0 aliphatic heterocycles. The molecule has 0 saturated heterocycles. The van der Waals surface area contributed by atoms with Gasteiger partial charge in [-0.1, -0.05) is 12.1 Å². The monoisotopic (exact) mass is 280 g/mol. The number of aromatic nitrogens is 3. The van der Waals surface area contributed by atoms with Gasteiger partial charge in [-0.3, -0.25) is 19.0 Å². The third-order valence-corrected chi connectivity index (χ3v) is 3.03. The van der Waals surface area contributed by atoms with E-state index < -0.39 is 5.91 Å². The molecule has 0 aromatic carbocycles. The molecule has 0 aliphatic rings. The summed E-state index contributed by atoms with van der Waals surface area (Å²) in [6.07, 6.45) is 6.20. The van der Waals surface area contributed by atoms with E-state index in [0.717, 1.165) is 5.56 Å². The minimum absolute atomic E-state index is 0.0163. The molecule has 3 heterocycles. The van der Waals surface area contributed by atoms with Gasteiger partial charge in [-0.25, -0.2) is 4.98 Å². The average molecular weight is 280 g/mol. The molecular weight excluding hydrogens is 268 g/mol. The predicted molar refractivity (Wildman–Crippen MR) is 76.9 cm³/mol. The highest BCUT2D eigenvalue weighted by Gasteiger charge is 2.12. The average Bonchev–Trinajstić information content (AvgIpc) is 2.54. The Kier molecular flexibility index (Phi) is 3.42. The lowest BCUT2D eigenvalue weighted by molar-refractivity contribution is 0.0949. The van der Waals surface area contributed by atoms with E-state index in [0.29, 0.717) is 12.2 Å². The highest BCUT2D eigenvalue weighted by Crippen LogP contribution is 1.99. The molecule has 0 saturated carbocycles. The maximum atomic E-state index is 12.2. The molecule has 0 aliphatic carbocycles. The largest absolute Gasteiger partial charge is 0.348 e. The fraction of sp³-hybridized carbons (Fsp3) is 0.0667. The van der Waals surface area contributed by atoms with Crippen LogP contribution >= 0.6 is 0 Å². The molecule has 21 heavy (non-hydrogen) atoms. The van der Waals surface area contributed by atoms with Crippen molar-refractivity contribution in [1.29, 1.82) is 0 Å². The first-order chi connectivity index (χ1) is 10.3. The van der Waals surface area contributed by atoms with Gasteiger partial charge in [0.25, 0.3) is 11.5 Å². The molecule has 3 aromatic rings. The van der Waals surface area contributed by atoms with E-state index in [4.69, 9.17) is 0 Å². The van der Waals surface area contributed by atoms with Gasteiger partial charge in [0.15, 0.2) is 0 Å². The van der Waals surface area contributed by atoms with E-state index in [9.17, 15) is 9.59 Å². The van der Waals surface area contributed by atoms with Crippen molar-refractivity contribution in [3.8, 4) is 0 Å². The minimum Gasteiger partial charge on any atom is -0.348 e. The zero-order chi connectivity index (χ0) is 14.7. The van der Waals surface area contributed by atoms with Gasteiger partial charge in [-0.15, -0.1) is 0 Å². The quantitative estimate of drug-likeness (QED) is 0.777. The van der Waals surface area contributed by atoms with E-state index in [1.54, 1.807) is 42.9 Å². The molecule has 1 amide bonds. The Labute approximate surface area is 120 Å². The van der Waals surface area contributed by atoms with Crippen LogP contribution in [-0.2, 0) is 6.54 Å². The Morgan fingerprint density at radius 2 is 2.10 bits per heavy atom. The second kappa shape index (κ2) is 5.54. The Morgan fingerprint density at radius 1 is 1.19 bits per heavy atom.